The van der Waals surface area contributed by atoms with Crippen molar-refractivity contribution >= 4 is 11.6 Å². The molecule has 5 heteroatoms. The van der Waals surface area contributed by atoms with Crippen molar-refractivity contribution in [3.63, 3.8) is 0 Å². The van der Waals surface area contributed by atoms with Crippen LogP contribution in [0.5, 0.6) is 0 Å². The molecule has 0 bridgehead atoms. The van der Waals surface area contributed by atoms with Gasteiger partial charge in [-0.2, -0.15) is 0 Å². The Balaban J connectivity index is 1.61. The number of rotatable bonds is 7. The molecule has 0 radical (unpaired) electrons. The Morgan fingerprint density at radius 1 is 1.14 bits per heavy atom. The van der Waals surface area contributed by atoms with E-state index in [0.717, 1.165) is 25.1 Å². The number of hydrogen-bond acceptors (Lipinski definition) is 2. The van der Waals surface area contributed by atoms with Gasteiger partial charge in [0.2, 0.25) is 5.91 Å². The Labute approximate surface area is 129 Å². The number of carbonyl (C=O) groups excluding carboxylic acids is 1. The molecule has 1 aromatic rings. The molecular weight excluding hydrogens is 286 g/mol. The largest absolute Gasteiger partial charge is 0.326 e. The number of amides is 1. The zero-order valence-electron chi connectivity index (χ0n) is 12.6. The van der Waals surface area contributed by atoms with Crippen molar-refractivity contribution < 1.29 is 13.6 Å². The van der Waals surface area contributed by atoms with Crippen LogP contribution in [0.4, 0.5) is 14.5 Å². The van der Waals surface area contributed by atoms with Gasteiger partial charge in [0.25, 0.3) is 0 Å². The standard InChI is InChI=1S/C17H22F2N2O/c18-15-7-6-14(12-16(15)19)21-17(22)9-11-20-10-8-13-4-2-1-3-5-13/h4,6-7,12,20H,1-3,5,8-11H2,(H,21,22). The van der Waals surface area contributed by atoms with Crippen LogP contribution in [0.2, 0.25) is 0 Å². The van der Waals surface area contributed by atoms with Crippen molar-refractivity contribution in [1.82, 2.24) is 5.32 Å². The molecule has 1 aliphatic rings. The molecule has 1 aliphatic carbocycles. The lowest BCUT2D eigenvalue weighted by molar-refractivity contribution is -0.116. The Morgan fingerprint density at radius 3 is 2.73 bits per heavy atom. The molecule has 0 spiro atoms. The Kier molecular flexibility index (Phi) is 6.52. The zero-order chi connectivity index (χ0) is 15.8. The van der Waals surface area contributed by atoms with Crippen LogP contribution in [0.1, 0.15) is 38.5 Å². The second kappa shape index (κ2) is 8.63. The predicted octanol–water partition coefficient (Wildman–Crippen LogP) is 3.77. The number of benzene rings is 1. The Bertz CT molecular complexity index is 543. The Hall–Kier alpha value is -1.75. The number of halogens is 2. The quantitative estimate of drug-likeness (QED) is 0.594. The summed E-state index contributed by atoms with van der Waals surface area (Å²) < 4.78 is 25.8. The maximum absolute atomic E-state index is 13.0. The van der Waals surface area contributed by atoms with E-state index in [0.29, 0.717) is 13.0 Å². The summed E-state index contributed by atoms with van der Waals surface area (Å²) in [5.74, 6) is -2.09. The van der Waals surface area contributed by atoms with Gasteiger partial charge in [0.05, 0.1) is 0 Å². The molecule has 2 rings (SSSR count). The van der Waals surface area contributed by atoms with E-state index in [1.165, 1.54) is 37.3 Å². The minimum atomic E-state index is -0.961. The van der Waals surface area contributed by atoms with Gasteiger partial charge < -0.3 is 10.6 Å². The van der Waals surface area contributed by atoms with Crippen LogP contribution in [0.3, 0.4) is 0 Å². The molecule has 0 heterocycles. The SMILES string of the molecule is O=C(CCNCCC1=CCCCC1)Nc1ccc(F)c(F)c1. The van der Waals surface area contributed by atoms with Gasteiger partial charge in [0, 0.05) is 24.7 Å². The number of carbonyl (C=O) groups is 1. The summed E-state index contributed by atoms with van der Waals surface area (Å²) in [6.07, 6.45) is 8.61. The lowest BCUT2D eigenvalue weighted by Gasteiger charge is -2.12. The topological polar surface area (TPSA) is 41.1 Å². The van der Waals surface area contributed by atoms with Gasteiger partial charge in [-0.05, 0) is 50.8 Å². The van der Waals surface area contributed by atoms with Crippen molar-refractivity contribution in [2.24, 2.45) is 0 Å². The Morgan fingerprint density at radius 2 is 2.00 bits per heavy atom. The first-order valence-electron chi connectivity index (χ1n) is 7.78. The third-order valence-corrected chi connectivity index (χ3v) is 3.74. The van der Waals surface area contributed by atoms with Crippen LogP contribution < -0.4 is 10.6 Å². The third kappa shape index (κ3) is 5.56. The number of nitrogens with one attached hydrogen (secondary N) is 2. The van der Waals surface area contributed by atoms with Gasteiger partial charge in [-0.25, -0.2) is 8.78 Å². The van der Waals surface area contributed by atoms with E-state index < -0.39 is 11.6 Å². The summed E-state index contributed by atoms with van der Waals surface area (Å²) in [4.78, 5) is 11.7. The molecule has 0 fully saturated rings. The summed E-state index contributed by atoms with van der Waals surface area (Å²) in [5.41, 5.74) is 1.78. The molecule has 3 nitrogen and oxygen atoms in total. The van der Waals surface area contributed by atoms with Crippen molar-refractivity contribution in [3.05, 3.63) is 41.5 Å². The van der Waals surface area contributed by atoms with Crippen molar-refractivity contribution in [1.29, 1.82) is 0 Å². The molecule has 2 N–H and O–H groups in total. The van der Waals surface area contributed by atoms with Crippen LogP contribution >= 0.6 is 0 Å². The maximum atomic E-state index is 13.0. The van der Waals surface area contributed by atoms with E-state index in [1.54, 1.807) is 0 Å². The fraction of sp³-hybridized carbons (Fsp3) is 0.471. The molecule has 0 aromatic heterocycles. The first-order valence-corrected chi connectivity index (χ1v) is 7.78. The smallest absolute Gasteiger partial charge is 0.225 e. The van der Waals surface area contributed by atoms with Gasteiger partial charge in [0.1, 0.15) is 0 Å². The van der Waals surface area contributed by atoms with E-state index in [2.05, 4.69) is 16.7 Å². The highest BCUT2D eigenvalue weighted by Gasteiger charge is 2.06. The van der Waals surface area contributed by atoms with Gasteiger partial charge in [0.15, 0.2) is 11.6 Å². The number of hydrogen-bond donors (Lipinski definition) is 2. The summed E-state index contributed by atoms with van der Waals surface area (Å²) in [6.45, 7) is 1.44. The average Bonchev–Trinajstić information content (AvgIpc) is 2.52. The van der Waals surface area contributed by atoms with Crippen molar-refractivity contribution in [2.45, 2.75) is 38.5 Å². The monoisotopic (exact) mass is 308 g/mol. The van der Waals surface area contributed by atoms with E-state index in [4.69, 9.17) is 0 Å². The number of anilines is 1. The van der Waals surface area contributed by atoms with Gasteiger partial charge in [-0.1, -0.05) is 11.6 Å². The van der Waals surface area contributed by atoms with E-state index in [9.17, 15) is 13.6 Å². The van der Waals surface area contributed by atoms with E-state index in [-0.39, 0.29) is 11.6 Å². The second-order valence-corrected chi connectivity index (χ2v) is 5.54. The highest BCUT2D eigenvalue weighted by atomic mass is 19.2. The van der Waals surface area contributed by atoms with E-state index >= 15 is 0 Å². The maximum Gasteiger partial charge on any atom is 0.225 e. The molecule has 0 atom stereocenters. The van der Waals surface area contributed by atoms with Crippen LogP contribution in [-0.4, -0.2) is 19.0 Å². The highest BCUT2D eigenvalue weighted by molar-refractivity contribution is 5.90. The molecule has 0 saturated carbocycles. The van der Waals surface area contributed by atoms with Crippen LogP contribution in [0.15, 0.2) is 29.8 Å². The first kappa shape index (κ1) is 16.6. The minimum Gasteiger partial charge on any atom is -0.326 e. The van der Waals surface area contributed by atoms with Crippen LogP contribution in [-0.2, 0) is 4.79 Å². The first-order chi connectivity index (χ1) is 10.6. The second-order valence-electron chi connectivity index (χ2n) is 5.54. The normalized spacial score (nSPS) is 14.5. The molecule has 0 aliphatic heterocycles. The molecule has 0 unspecified atom stereocenters. The molecule has 1 amide bonds. The fourth-order valence-corrected chi connectivity index (χ4v) is 2.50. The van der Waals surface area contributed by atoms with Crippen LogP contribution in [0.25, 0.3) is 0 Å². The predicted molar refractivity (Wildman–Crippen MR) is 83.6 cm³/mol. The summed E-state index contributed by atoms with van der Waals surface area (Å²) in [7, 11) is 0. The average molecular weight is 308 g/mol. The lowest BCUT2D eigenvalue weighted by atomic mass is 9.97. The molecule has 0 saturated heterocycles. The minimum absolute atomic E-state index is 0.213. The summed E-state index contributed by atoms with van der Waals surface area (Å²) in [6, 6.07) is 3.33. The van der Waals surface area contributed by atoms with Crippen molar-refractivity contribution in [3.8, 4) is 0 Å². The zero-order valence-corrected chi connectivity index (χ0v) is 12.6. The number of allylic oxidation sites excluding steroid dienone is 1. The molecular formula is C17H22F2N2O. The van der Waals surface area contributed by atoms with Gasteiger partial charge in [-0.15, -0.1) is 0 Å². The molecule has 1 aromatic carbocycles. The lowest BCUT2D eigenvalue weighted by Crippen LogP contribution is -2.23. The third-order valence-electron chi connectivity index (χ3n) is 3.74. The van der Waals surface area contributed by atoms with Gasteiger partial charge in [-0.3, -0.25) is 4.79 Å². The molecule has 120 valence electrons. The summed E-state index contributed by atoms with van der Waals surface area (Å²) >= 11 is 0. The summed E-state index contributed by atoms with van der Waals surface area (Å²) in [5, 5.41) is 5.79. The van der Waals surface area contributed by atoms with Crippen molar-refractivity contribution in [2.75, 3.05) is 18.4 Å². The highest BCUT2D eigenvalue weighted by Crippen LogP contribution is 2.19. The van der Waals surface area contributed by atoms with Crippen LogP contribution in [0, 0.1) is 11.6 Å². The molecule has 22 heavy (non-hydrogen) atoms. The fourth-order valence-electron chi connectivity index (χ4n) is 2.50. The van der Waals surface area contributed by atoms with E-state index in [1.807, 2.05) is 0 Å². The van der Waals surface area contributed by atoms with Gasteiger partial charge >= 0.3 is 0 Å².